The van der Waals surface area contributed by atoms with E-state index in [9.17, 15) is 9.59 Å². The van der Waals surface area contributed by atoms with E-state index < -0.39 is 5.97 Å². The van der Waals surface area contributed by atoms with E-state index in [4.69, 9.17) is 5.11 Å². The molecule has 15 heavy (non-hydrogen) atoms. The average molecular weight is 225 g/mol. The molecular formula is C10H11NO3S. The van der Waals surface area contributed by atoms with Gasteiger partial charge in [0.05, 0.1) is 5.69 Å². The molecule has 0 unspecified atom stereocenters. The van der Waals surface area contributed by atoms with Gasteiger partial charge >= 0.3 is 5.97 Å². The fourth-order valence-electron chi connectivity index (χ4n) is 1.36. The molecule has 1 aliphatic carbocycles. The molecule has 4 nitrogen and oxygen atoms in total. The maximum atomic E-state index is 11.4. The van der Waals surface area contributed by atoms with Gasteiger partial charge in [-0.25, -0.2) is 4.79 Å². The van der Waals surface area contributed by atoms with Crippen molar-refractivity contribution < 1.29 is 14.7 Å². The Bertz CT molecular complexity index is 395. The molecule has 2 rings (SSSR count). The second-order valence-electron chi connectivity index (χ2n) is 3.66. The second kappa shape index (κ2) is 4.02. The number of thiophene rings is 1. The molecule has 1 aliphatic rings. The highest BCUT2D eigenvalue weighted by molar-refractivity contribution is 7.12. The lowest BCUT2D eigenvalue weighted by Gasteiger charge is -2.02. The third kappa shape index (κ3) is 2.56. The van der Waals surface area contributed by atoms with Gasteiger partial charge in [-0.3, -0.25) is 4.79 Å². The highest BCUT2D eigenvalue weighted by Gasteiger charge is 2.25. The number of amides is 1. The number of carbonyl (C=O) groups excluding carboxylic acids is 1. The summed E-state index contributed by atoms with van der Waals surface area (Å²) in [5, 5.41) is 13.1. The minimum absolute atomic E-state index is 0.0848. The van der Waals surface area contributed by atoms with Gasteiger partial charge in [0, 0.05) is 6.42 Å². The summed E-state index contributed by atoms with van der Waals surface area (Å²) in [5.41, 5.74) is 0.415. The van der Waals surface area contributed by atoms with Crippen LogP contribution in [0.15, 0.2) is 11.4 Å². The van der Waals surface area contributed by atoms with Crippen molar-refractivity contribution in [3.05, 3.63) is 16.3 Å². The van der Waals surface area contributed by atoms with Crippen molar-refractivity contribution in [2.75, 3.05) is 5.32 Å². The topological polar surface area (TPSA) is 66.4 Å². The summed E-state index contributed by atoms with van der Waals surface area (Å²) in [7, 11) is 0. The second-order valence-corrected chi connectivity index (χ2v) is 4.58. The first-order valence-electron chi connectivity index (χ1n) is 4.77. The van der Waals surface area contributed by atoms with Gasteiger partial charge in [-0.05, 0) is 30.2 Å². The van der Waals surface area contributed by atoms with E-state index in [0.717, 1.165) is 24.2 Å². The molecule has 1 aromatic heterocycles. The SMILES string of the molecule is O=C(CC1CC1)Nc1ccsc1C(=O)O. The van der Waals surface area contributed by atoms with Crippen molar-refractivity contribution in [3.63, 3.8) is 0 Å². The van der Waals surface area contributed by atoms with Crippen LogP contribution in [0.3, 0.4) is 0 Å². The largest absolute Gasteiger partial charge is 0.477 e. The zero-order valence-electron chi connectivity index (χ0n) is 8.03. The van der Waals surface area contributed by atoms with Crippen LogP contribution >= 0.6 is 11.3 Å². The summed E-state index contributed by atoms with van der Waals surface area (Å²) >= 11 is 1.12. The highest BCUT2D eigenvalue weighted by Crippen LogP contribution is 2.33. The van der Waals surface area contributed by atoms with Crippen molar-refractivity contribution in [1.29, 1.82) is 0 Å². The molecule has 80 valence electrons. The van der Waals surface area contributed by atoms with E-state index in [0.29, 0.717) is 18.0 Å². The Kier molecular flexibility index (Phi) is 2.73. The number of hydrogen-bond donors (Lipinski definition) is 2. The van der Waals surface area contributed by atoms with Crippen LogP contribution in [0.5, 0.6) is 0 Å². The molecule has 1 saturated carbocycles. The summed E-state index contributed by atoms with van der Waals surface area (Å²) in [4.78, 5) is 22.4. The number of carboxylic acid groups (broad SMARTS) is 1. The third-order valence-electron chi connectivity index (χ3n) is 2.30. The molecule has 1 aromatic rings. The number of anilines is 1. The monoisotopic (exact) mass is 225 g/mol. The molecular weight excluding hydrogens is 214 g/mol. The Labute approximate surface area is 90.9 Å². The standard InChI is InChI=1S/C10H11NO3S/c12-8(5-6-1-2-6)11-7-3-4-15-9(7)10(13)14/h3-4,6H,1-2,5H2,(H,11,12)(H,13,14). The molecule has 1 heterocycles. The summed E-state index contributed by atoms with van der Waals surface area (Å²) in [6, 6.07) is 1.62. The fourth-order valence-corrected chi connectivity index (χ4v) is 2.05. The lowest BCUT2D eigenvalue weighted by atomic mass is 10.2. The Morgan fingerprint density at radius 2 is 2.27 bits per heavy atom. The summed E-state index contributed by atoms with van der Waals surface area (Å²) < 4.78 is 0. The first-order valence-corrected chi connectivity index (χ1v) is 5.65. The van der Waals surface area contributed by atoms with Gasteiger partial charge in [0.15, 0.2) is 0 Å². The molecule has 0 saturated heterocycles. The van der Waals surface area contributed by atoms with E-state index in [2.05, 4.69) is 5.32 Å². The van der Waals surface area contributed by atoms with Gasteiger partial charge in [-0.15, -0.1) is 11.3 Å². The van der Waals surface area contributed by atoms with E-state index in [1.165, 1.54) is 0 Å². The first kappa shape index (κ1) is 10.2. The number of nitrogens with one attached hydrogen (secondary N) is 1. The number of rotatable bonds is 4. The Balaban J connectivity index is 1.99. The Morgan fingerprint density at radius 3 is 2.87 bits per heavy atom. The van der Waals surface area contributed by atoms with E-state index >= 15 is 0 Å². The zero-order chi connectivity index (χ0) is 10.8. The van der Waals surface area contributed by atoms with Crippen LogP contribution in [-0.2, 0) is 4.79 Å². The maximum Gasteiger partial charge on any atom is 0.348 e. The highest BCUT2D eigenvalue weighted by atomic mass is 32.1. The van der Waals surface area contributed by atoms with Gasteiger partial charge in [0.2, 0.25) is 5.91 Å². The number of aromatic carboxylic acids is 1. The van der Waals surface area contributed by atoms with Gasteiger partial charge in [0.25, 0.3) is 0 Å². The summed E-state index contributed by atoms with van der Waals surface area (Å²) in [5.74, 6) is -0.568. The summed E-state index contributed by atoms with van der Waals surface area (Å²) in [6.07, 6.45) is 2.74. The molecule has 0 spiro atoms. The average Bonchev–Trinajstić information content (AvgIpc) is 2.82. The van der Waals surface area contributed by atoms with E-state index in [-0.39, 0.29) is 10.8 Å². The minimum atomic E-state index is -0.994. The lowest BCUT2D eigenvalue weighted by molar-refractivity contribution is -0.116. The molecule has 0 radical (unpaired) electrons. The quantitative estimate of drug-likeness (QED) is 0.825. The Morgan fingerprint density at radius 1 is 1.53 bits per heavy atom. The van der Waals surface area contributed by atoms with Gasteiger partial charge in [0.1, 0.15) is 4.88 Å². The summed E-state index contributed by atoms with van der Waals surface area (Å²) in [6.45, 7) is 0. The van der Waals surface area contributed by atoms with Crippen molar-refractivity contribution >= 4 is 28.9 Å². The molecule has 2 N–H and O–H groups in total. The predicted molar refractivity (Wildman–Crippen MR) is 57.2 cm³/mol. The van der Waals surface area contributed by atoms with Gasteiger partial charge in [-0.1, -0.05) is 0 Å². The molecule has 1 fully saturated rings. The molecule has 0 aliphatic heterocycles. The van der Waals surface area contributed by atoms with Crippen molar-refractivity contribution in [2.45, 2.75) is 19.3 Å². The fraction of sp³-hybridized carbons (Fsp3) is 0.400. The third-order valence-corrected chi connectivity index (χ3v) is 3.21. The van der Waals surface area contributed by atoms with Crippen LogP contribution in [0, 0.1) is 5.92 Å². The molecule has 5 heteroatoms. The minimum Gasteiger partial charge on any atom is -0.477 e. The molecule has 0 atom stereocenters. The maximum absolute atomic E-state index is 11.4. The molecule has 0 bridgehead atoms. The molecule has 1 amide bonds. The van der Waals surface area contributed by atoms with Crippen molar-refractivity contribution in [3.8, 4) is 0 Å². The smallest absolute Gasteiger partial charge is 0.348 e. The normalized spacial score (nSPS) is 14.9. The van der Waals surface area contributed by atoms with Crippen LogP contribution < -0.4 is 5.32 Å². The van der Waals surface area contributed by atoms with Crippen LogP contribution in [-0.4, -0.2) is 17.0 Å². The van der Waals surface area contributed by atoms with Gasteiger partial charge in [-0.2, -0.15) is 0 Å². The molecule has 0 aromatic carbocycles. The number of carboxylic acids is 1. The lowest BCUT2D eigenvalue weighted by Crippen LogP contribution is -2.13. The van der Waals surface area contributed by atoms with Crippen molar-refractivity contribution in [2.24, 2.45) is 5.92 Å². The van der Waals surface area contributed by atoms with E-state index in [1.807, 2.05) is 0 Å². The number of carbonyl (C=O) groups is 2. The number of hydrogen-bond acceptors (Lipinski definition) is 3. The van der Waals surface area contributed by atoms with Crippen LogP contribution in [0.25, 0.3) is 0 Å². The van der Waals surface area contributed by atoms with Gasteiger partial charge < -0.3 is 10.4 Å². The van der Waals surface area contributed by atoms with Crippen molar-refractivity contribution in [1.82, 2.24) is 0 Å². The van der Waals surface area contributed by atoms with Crippen LogP contribution in [0.1, 0.15) is 28.9 Å². The van der Waals surface area contributed by atoms with Crippen LogP contribution in [0.2, 0.25) is 0 Å². The Hall–Kier alpha value is -1.36. The van der Waals surface area contributed by atoms with E-state index in [1.54, 1.807) is 11.4 Å². The first-order chi connectivity index (χ1) is 7.16. The zero-order valence-corrected chi connectivity index (χ0v) is 8.84. The predicted octanol–water partition coefficient (Wildman–Crippen LogP) is 2.18. The van der Waals surface area contributed by atoms with Crippen LogP contribution in [0.4, 0.5) is 5.69 Å².